The lowest BCUT2D eigenvalue weighted by Gasteiger charge is -2.11. The van der Waals surface area contributed by atoms with Crippen molar-refractivity contribution in [1.29, 1.82) is 0 Å². The van der Waals surface area contributed by atoms with E-state index in [1.54, 1.807) is 19.1 Å². The number of carbonyl (C=O) groups excluding carboxylic acids is 1. The van der Waals surface area contributed by atoms with Crippen LogP contribution in [0.2, 0.25) is 0 Å². The van der Waals surface area contributed by atoms with Crippen molar-refractivity contribution in [2.24, 2.45) is 0 Å². The fourth-order valence-corrected chi connectivity index (χ4v) is 2.26. The number of rotatable bonds is 5. The van der Waals surface area contributed by atoms with Crippen molar-refractivity contribution in [1.82, 2.24) is 20.2 Å². The molecule has 0 aromatic carbocycles. The molecule has 0 spiro atoms. The van der Waals surface area contributed by atoms with E-state index in [9.17, 15) is 18.0 Å². The number of thioether (sulfide) groups is 1. The van der Waals surface area contributed by atoms with E-state index in [-0.39, 0.29) is 17.0 Å². The molecule has 3 N–H and O–H groups in total. The van der Waals surface area contributed by atoms with Gasteiger partial charge in [-0.25, -0.2) is 4.68 Å². The van der Waals surface area contributed by atoms with E-state index in [0.717, 1.165) is 11.8 Å². The van der Waals surface area contributed by atoms with Gasteiger partial charge in [0.25, 0.3) is 5.82 Å². The minimum Gasteiger partial charge on any atom is -0.467 e. The second-order valence-corrected chi connectivity index (χ2v) is 5.21. The molecular formula is C11H12F3N5O2S. The molecule has 0 saturated carbocycles. The van der Waals surface area contributed by atoms with Gasteiger partial charge in [0.2, 0.25) is 11.1 Å². The van der Waals surface area contributed by atoms with Crippen LogP contribution in [0.3, 0.4) is 0 Å². The van der Waals surface area contributed by atoms with Crippen LogP contribution in [0.5, 0.6) is 0 Å². The Labute approximate surface area is 127 Å². The van der Waals surface area contributed by atoms with Crippen LogP contribution in [0.4, 0.5) is 13.2 Å². The first-order valence-electron chi connectivity index (χ1n) is 6.02. The third kappa shape index (κ3) is 3.72. The summed E-state index contributed by atoms with van der Waals surface area (Å²) in [7, 11) is 0. The van der Waals surface area contributed by atoms with E-state index in [2.05, 4.69) is 15.5 Å². The standard InChI is InChI=1S/C11H12F3N5O2S/c1-6(7-3-2-4-21-7)16-8(20)5-22-10-18-17-9(19(10)15)11(12,13)14/h2-4,6H,5,15H2,1H3,(H,16,20)/t6-/m1/s1. The number of amides is 1. The van der Waals surface area contributed by atoms with Gasteiger partial charge in [0.1, 0.15) is 5.76 Å². The van der Waals surface area contributed by atoms with Crippen LogP contribution in [0.25, 0.3) is 0 Å². The Bertz CT molecular complexity index is 641. The van der Waals surface area contributed by atoms with Crippen LogP contribution in [0, 0.1) is 0 Å². The average Bonchev–Trinajstić information content (AvgIpc) is 3.04. The van der Waals surface area contributed by atoms with Crippen molar-refractivity contribution in [3.63, 3.8) is 0 Å². The predicted molar refractivity (Wildman–Crippen MR) is 71.2 cm³/mol. The maximum atomic E-state index is 12.5. The Morgan fingerprint density at radius 3 is 2.82 bits per heavy atom. The number of aromatic nitrogens is 3. The second kappa shape index (κ2) is 6.30. The number of furan rings is 1. The second-order valence-electron chi connectivity index (χ2n) is 4.27. The van der Waals surface area contributed by atoms with Crippen molar-refractivity contribution in [2.45, 2.75) is 24.3 Å². The topological polar surface area (TPSA) is 99.0 Å². The molecule has 120 valence electrons. The molecule has 0 bridgehead atoms. The number of hydrogen-bond acceptors (Lipinski definition) is 6. The van der Waals surface area contributed by atoms with Gasteiger partial charge in [-0.3, -0.25) is 4.79 Å². The highest BCUT2D eigenvalue weighted by atomic mass is 32.2. The molecule has 0 aliphatic carbocycles. The molecule has 0 unspecified atom stereocenters. The summed E-state index contributed by atoms with van der Waals surface area (Å²) in [5, 5.41) is 8.71. The number of nitrogens with two attached hydrogens (primary N) is 1. The first kappa shape index (κ1) is 16.2. The smallest absolute Gasteiger partial charge is 0.453 e. The number of hydrogen-bond donors (Lipinski definition) is 2. The number of alkyl halides is 3. The predicted octanol–water partition coefficient (Wildman–Crippen LogP) is 1.57. The van der Waals surface area contributed by atoms with Gasteiger partial charge in [0, 0.05) is 0 Å². The molecule has 1 amide bonds. The zero-order valence-corrected chi connectivity index (χ0v) is 12.1. The first-order chi connectivity index (χ1) is 10.3. The van der Waals surface area contributed by atoms with Gasteiger partial charge in [0.15, 0.2) is 0 Å². The largest absolute Gasteiger partial charge is 0.467 e. The molecule has 2 aromatic rings. The van der Waals surface area contributed by atoms with E-state index in [4.69, 9.17) is 10.3 Å². The van der Waals surface area contributed by atoms with Crippen molar-refractivity contribution in [2.75, 3.05) is 11.6 Å². The maximum absolute atomic E-state index is 12.5. The van der Waals surface area contributed by atoms with E-state index >= 15 is 0 Å². The fraction of sp³-hybridized carbons (Fsp3) is 0.364. The van der Waals surface area contributed by atoms with Crippen LogP contribution in [0.1, 0.15) is 24.6 Å². The molecule has 22 heavy (non-hydrogen) atoms. The highest BCUT2D eigenvalue weighted by Crippen LogP contribution is 2.28. The molecule has 2 heterocycles. The van der Waals surface area contributed by atoms with Crippen molar-refractivity contribution >= 4 is 17.7 Å². The molecule has 0 saturated heterocycles. The van der Waals surface area contributed by atoms with E-state index in [0.29, 0.717) is 10.4 Å². The summed E-state index contributed by atoms with van der Waals surface area (Å²) in [5.74, 6) is 3.96. The molecule has 2 aromatic heterocycles. The molecule has 0 radical (unpaired) electrons. The Balaban J connectivity index is 1.90. The minimum atomic E-state index is -4.70. The molecule has 0 fully saturated rings. The third-order valence-electron chi connectivity index (χ3n) is 2.60. The fourth-order valence-electron chi connectivity index (χ4n) is 1.59. The van der Waals surface area contributed by atoms with Crippen LogP contribution in [-0.4, -0.2) is 26.5 Å². The summed E-state index contributed by atoms with van der Waals surface area (Å²) in [6.07, 6.45) is -3.22. The number of nitrogen functional groups attached to an aromatic ring is 1. The van der Waals surface area contributed by atoms with E-state index in [1.807, 2.05) is 0 Å². The quantitative estimate of drug-likeness (QED) is 0.636. The Kier molecular flexibility index (Phi) is 4.64. The van der Waals surface area contributed by atoms with Crippen molar-refractivity contribution in [3.05, 3.63) is 30.0 Å². The number of nitrogens with one attached hydrogen (secondary N) is 1. The summed E-state index contributed by atoms with van der Waals surface area (Å²) < 4.78 is 42.9. The first-order valence-corrected chi connectivity index (χ1v) is 7.01. The van der Waals surface area contributed by atoms with Gasteiger partial charge >= 0.3 is 6.18 Å². The van der Waals surface area contributed by atoms with Crippen molar-refractivity contribution < 1.29 is 22.4 Å². The number of halogens is 3. The van der Waals surface area contributed by atoms with E-state index < -0.39 is 17.9 Å². The van der Waals surface area contributed by atoms with Gasteiger partial charge < -0.3 is 15.6 Å². The Morgan fingerprint density at radius 2 is 2.27 bits per heavy atom. The maximum Gasteiger partial charge on any atom is 0.453 e. The Morgan fingerprint density at radius 1 is 1.55 bits per heavy atom. The molecule has 0 aliphatic heterocycles. The lowest BCUT2D eigenvalue weighted by Crippen LogP contribution is -2.28. The molecule has 2 rings (SSSR count). The van der Waals surface area contributed by atoms with Crippen LogP contribution in [0.15, 0.2) is 28.0 Å². The zero-order valence-electron chi connectivity index (χ0n) is 11.3. The van der Waals surface area contributed by atoms with E-state index in [1.165, 1.54) is 6.26 Å². The monoisotopic (exact) mass is 335 g/mol. The SMILES string of the molecule is C[C@@H](NC(=O)CSc1nnc(C(F)(F)F)n1N)c1ccco1. The van der Waals surface area contributed by atoms with Crippen LogP contribution >= 0.6 is 11.8 Å². The summed E-state index contributed by atoms with van der Waals surface area (Å²) in [6.45, 7) is 1.72. The van der Waals surface area contributed by atoms with Crippen LogP contribution in [-0.2, 0) is 11.0 Å². The highest BCUT2D eigenvalue weighted by molar-refractivity contribution is 7.99. The average molecular weight is 335 g/mol. The van der Waals surface area contributed by atoms with Gasteiger partial charge in [-0.2, -0.15) is 13.2 Å². The summed E-state index contributed by atoms with van der Waals surface area (Å²) in [5.41, 5.74) is 0. The normalized spacial score (nSPS) is 13.1. The van der Waals surface area contributed by atoms with Gasteiger partial charge in [-0.1, -0.05) is 11.8 Å². The minimum absolute atomic E-state index is 0.155. The summed E-state index contributed by atoms with van der Waals surface area (Å²) in [6, 6.07) is 3.02. The molecule has 0 aliphatic rings. The highest BCUT2D eigenvalue weighted by Gasteiger charge is 2.38. The number of carbonyl (C=O) groups is 1. The number of nitrogens with zero attached hydrogens (tertiary/aromatic N) is 3. The Hall–Kier alpha value is -2.17. The zero-order chi connectivity index (χ0) is 16.3. The van der Waals surface area contributed by atoms with Gasteiger partial charge in [0.05, 0.1) is 18.1 Å². The van der Waals surface area contributed by atoms with Gasteiger partial charge in [-0.15, -0.1) is 10.2 Å². The summed E-state index contributed by atoms with van der Waals surface area (Å²) >= 11 is 0.753. The molecular weight excluding hydrogens is 323 g/mol. The molecule has 1 atom stereocenters. The lowest BCUT2D eigenvalue weighted by molar-refractivity contribution is -0.146. The molecule has 11 heteroatoms. The summed E-state index contributed by atoms with van der Waals surface area (Å²) in [4.78, 5) is 11.7. The third-order valence-corrected chi connectivity index (χ3v) is 3.54. The molecule has 7 nitrogen and oxygen atoms in total. The van der Waals surface area contributed by atoms with Crippen LogP contribution < -0.4 is 11.2 Å². The van der Waals surface area contributed by atoms with Gasteiger partial charge in [-0.05, 0) is 19.1 Å². The van der Waals surface area contributed by atoms with Crippen molar-refractivity contribution in [3.8, 4) is 0 Å². The lowest BCUT2D eigenvalue weighted by atomic mass is 10.2.